The van der Waals surface area contributed by atoms with Crippen molar-refractivity contribution < 1.29 is 4.42 Å². The van der Waals surface area contributed by atoms with Gasteiger partial charge in [0.05, 0.1) is 6.20 Å². The molecule has 2 heterocycles. The van der Waals surface area contributed by atoms with E-state index in [0.717, 1.165) is 17.0 Å². The van der Waals surface area contributed by atoms with Gasteiger partial charge in [-0.1, -0.05) is 12.1 Å². The molecule has 3 aromatic rings. The lowest BCUT2D eigenvalue weighted by Gasteiger charge is -2.15. The summed E-state index contributed by atoms with van der Waals surface area (Å²) in [5.41, 5.74) is 3.25. The molecule has 0 aliphatic heterocycles. The largest absolute Gasteiger partial charge is 0.444 e. The fourth-order valence-electron chi connectivity index (χ4n) is 2.11. The Labute approximate surface area is 117 Å². The van der Waals surface area contributed by atoms with Crippen molar-refractivity contribution in [2.75, 3.05) is 5.32 Å². The zero-order valence-electron chi connectivity index (χ0n) is 11.2. The summed E-state index contributed by atoms with van der Waals surface area (Å²) in [6, 6.07) is 12.3. The number of nitrogens with zero attached hydrogens (tertiary/aromatic N) is 2. The zero-order valence-corrected chi connectivity index (χ0v) is 11.2. The summed E-state index contributed by atoms with van der Waals surface area (Å²) in [5, 5.41) is 3.47. The Morgan fingerprint density at radius 1 is 1.10 bits per heavy atom. The fourth-order valence-corrected chi connectivity index (χ4v) is 2.11. The van der Waals surface area contributed by atoms with Crippen molar-refractivity contribution >= 4 is 5.69 Å². The first-order valence-electron chi connectivity index (χ1n) is 6.48. The minimum Gasteiger partial charge on any atom is -0.444 e. The number of hydrogen-bond donors (Lipinski definition) is 1. The topological polar surface area (TPSA) is 51.0 Å². The van der Waals surface area contributed by atoms with E-state index in [1.807, 2.05) is 30.3 Å². The third-order valence-electron chi connectivity index (χ3n) is 3.17. The molecule has 1 N–H and O–H groups in total. The average Bonchev–Trinajstić information content (AvgIpc) is 3.03. The van der Waals surface area contributed by atoms with Gasteiger partial charge in [0.2, 0.25) is 0 Å². The predicted octanol–water partition coefficient (Wildman–Crippen LogP) is 3.91. The van der Waals surface area contributed by atoms with Crippen LogP contribution in [0.15, 0.2) is 65.8 Å². The number of anilines is 1. The molecule has 100 valence electrons. The van der Waals surface area contributed by atoms with E-state index in [0.29, 0.717) is 0 Å². The van der Waals surface area contributed by atoms with Crippen LogP contribution < -0.4 is 5.32 Å². The van der Waals surface area contributed by atoms with Gasteiger partial charge >= 0.3 is 0 Å². The maximum absolute atomic E-state index is 5.32. The van der Waals surface area contributed by atoms with Crippen LogP contribution in [0, 0.1) is 0 Å². The molecule has 4 heteroatoms. The third kappa shape index (κ3) is 2.69. The molecule has 1 aromatic carbocycles. The highest BCUT2D eigenvalue weighted by Gasteiger charge is 2.06. The first-order chi connectivity index (χ1) is 9.83. The molecule has 3 rings (SSSR count). The van der Waals surface area contributed by atoms with Crippen LogP contribution in [0.5, 0.6) is 0 Å². The quantitative estimate of drug-likeness (QED) is 0.777. The number of oxazole rings is 1. The van der Waals surface area contributed by atoms with Crippen LogP contribution in [0.3, 0.4) is 0 Å². The Morgan fingerprint density at radius 3 is 2.70 bits per heavy atom. The Bertz CT molecular complexity index is 665. The van der Waals surface area contributed by atoms with Crippen molar-refractivity contribution in [3.8, 4) is 11.3 Å². The normalized spacial score (nSPS) is 12.1. The van der Waals surface area contributed by atoms with Crippen LogP contribution in [0.25, 0.3) is 11.3 Å². The molecule has 0 amide bonds. The lowest BCUT2D eigenvalue weighted by molar-refractivity contribution is 0.572. The van der Waals surface area contributed by atoms with Gasteiger partial charge in [0.1, 0.15) is 0 Å². The summed E-state index contributed by atoms with van der Waals surface area (Å²) < 4.78 is 5.32. The molecule has 1 unspecified atom stereocenters. The van der Waals surface area contributed by atoms with Crippen molar-refractivity contribution in [3.05, 3.63) is 66.9 Å². The molecule has 0 aliphatic carbocycles. The molecule has 0 spiro atoms. The van der Waals surface area contributed by atoms with Crippen LogP contribution in [-0.4, -0.2) is 9.97 Å². The minimum absolute atomic E-state index is 0.211. The van der Waals surface area contributed by atoms with Crippen LogP contribution >= 0.6 is 0 Å². The minimum atomic E-state index is 0.211. The summed E-state index contributed by atoms with van der Waals surface area (Å²) in [6.07, 6.45) is 6.76. The molecule has 0 saturated carbocycles. The molecule has 4 nitrogen and oxygen atoms in total. The molecular weight excluding hydrogens is 250 g/mol. The van der Waals surface area contributed by atoms with Crippen LogP contribution in [0.2, 0.25) is 0 Å². The fraction of sp³-hybridized carbons (Fsp3) is 0.125. The second kappa shape index (κ2) is 5.57. The lowest BCUT2D eigenvalue weighted by atomic mass is 10.1. The highest BCUT2D eigenvalue weighted by molar-refractivity contribution is 5.63. The summed E-state index contributed by atoms with van der Waals surface area (Å²) in [5.74, 6) is 0.769. The SMILES string of the molecule is CC(Nc1cccc(-c2cnco2)c1)c1ccncc1. The molecule has 1 atom stereocenters. The third-order valence-corrected chi connectivity index (χ3v) is 3.17. The summed E-state index contributed by atoms with van der Waals surface area (Å²) >= 11 is 0. The van der Waals surface area contributed by atoms with E-state index in [4.69, 9.17) is 4.42 Å². The Hall–Kier alpha value is -2.62. The number of pyridine rings is 1. The number of rotatable bonds is 4. The van der Waals surface area contributed by atoms with Crippen molar-refractivity contribution in [1.29, 1.82) is 0 Å². The first kappa shape index (κ1) is 12.4. The van der Waals surface area contributed by atoms with Crippen molar-refractivity contribution in [2.24, 2.45) is 0 Å². The van der Waals surface area contributed by atoms with E-state index in [1.165, 1.54) is 12.0 Å². The molecule has 0 fully saturated rings. The highest BCUT2D eigenvalue weighted by atomic mass is 16.3. The lowest BCUT2D eigenvalue weighted by Crippen LogP contribution is -2.06. The van der Waals surface area contributed by atoms with E-state index in [-0.39, 0.29) is 6.04 Å². The van der Waals surface area contributed by atoms with Gasteiger partial charge in [-0.05, 0) is 36.8 Å². The van der Waals surface area contributed by atoms with E-state index in [2.05, 4.69) is 28.3 Å². The van der Waals surface area contributed by atoms with Gasteiger partial charge in [-0.15, -0.1) is 0 Å². The van der Waals surface area contributed by atoms with Crippen molar-refractivity contribution in [2.45, 2.75) is 13.0 Å². The van der Waals surface area contributed by atoms with Gasteiger partial charge in [0.25, 0.3) is 0 Å². The molecular formula is C16H15N3O. The Kier molecular flexibility index (Phi) is 3.46. The maximum Gasteiger partial charge on any atom is 0.181 e. The number of nitrogens with one attached hydrogen (secondary N) is 1. The number of benzene rings is 1. The van der Waals surface area contributed by atoms with Crippen LogP contribution in [0.1, 0.15) is 18.5 Å². The standard InChI is InChI=1S/C16H15N3O/c1-12(13-5-7-17-8-6-13)19-15-4-2-3-14(9-15)16-10-18-11-20-16/h2-12,19H,1H3. The smallest absolute Gasteiger partial charge is 0.181 e. The Balaban J connectivity index is 1.80. The molecule has 2 aromatic heterocycles. The zero-order chi connectivity index (χ0) is 13.8. The van der Waals surface area contributed by atoms with Gasteiger partial charge in [0, 0.05) is 29.7 Å². The van der Waals surface area contributed by atoms with Gasteiger partial charge in [-0.2, -0.15) is 0 Å². The summed E-state index contributed by atoms with van der Waals surface area (Å²) in [4.78, 5) is 7.98. The number of aromatic nitrogens is 2. The van der Waals surface area contributed by atoms with Gasteiger partial charge in [-0.3, -0.25) is 4.98 Å². The predicted molar refractivity (Wildman–Crippen MR) is 78.2 cm³/mol. The van der Waals surface area contributed by atoms with Gasteiger partial charge in [0.15, 0.2) is 12.2 Å². The van der Waals surface area contributed by atoms with Gasteiger partial charge < -0.3 is 9.73 Å². The van der Waals surface area contributed by atoms with E-state index >= 15 is 0 Å². The molecule has 20 heavy (non-hydrogen) atoms. The van der Waals surface area contributed by atoms with Gasteiger partial charge in [-0.25, -0.2) is 4.98 Å². The highest BCUT2D eigenvalue weighted by Crippen LogP contribution is 2.24. The monoisotopic (exact) mass is 265 g/mol. The van der Waals surface area contributed by atoms with E-state index in [9.17, 15) is 0 Å². The summed E-state index contributed by atoms with van der Waals surface area (Å²) in [7, 11) is 0. The molecule has 0 radical (unpaired) electrons. The molecule has 0 aliphatic rings. The van der Waals surface area contributed by atoms with Crippen LogP contribution in [-0.2, 0) is 0 Å². The summed E-state index contributed by atoms with van der Waals surface area (Å²) in [6.45, 7) is 2.12. The molecule has 0 saturated heterocycles. The van der Waals surface area contributed by atoms with Crippen LogP contribution in [0.4, 0.5) is 5.69 Å². The van der Waals surface area contributed by atoms with E-state index in [1.54, 1.807) is 18.6 Å². The molecule has 0 bridgehead atoms. The average molecular weight is 265 g/mol. The Morgan fingerprint density at radius 2 is 1.95 bits per heavy atom. The number of hydrogen-bond acceptors (Lipinski definition) is 4. The van der Waals surface area contributed by atoms with E-state index < -0.39 is 0 Å². The first-order valence-corrected chi connectivity index (χ1v) is 6.48. The second-order valence-electron chi connectivity index (χ2n) is 4.59. The second-order valence-corrected chi connectivity index (χ2v) is 4.59. The van der Waals surface area contributed by atoms with Crippen molar-refractivity contribution in [1.82, 2.24) is 9.97 Å². The maximum atomic E-state index is 5.32. The van der Waals surface area contributed by atoms with Crippen molar-refractivity contribution in [3.63, 3.8) is 0 Å².